The van der Waals surface area contributed by atoms with E-state index in [1.165, 1.54) is 6.20 Å². The minimum absolute atomic E-state index is 0.0431. The number of aromatic nitrogens is 2. The topological polar surface area (TPSA) is 93.4 Å². The van der Waals surface area contributed by atoms with Crippen LogP contribution < -0.4 is 21.1 Å². The third kappa shape index (κ3) is 5.10. The van der Waals surface area contributed by atoms with Gasteiger partial charge in [0.1, 0.15) is 5.56 Å². The van der Waals surface area contributed by atoms with Crippen LogP contribution >= 0.6 is 0 Å². The molecule has 1 saturated heterocycles. The molecular weight excluding hydrogens is 392 g/mol. The quantitative estimate of drug-likeness (QED) is 0.569. The lowest BCUT2D eigenvalue weighted by molar-refractivity contribution is 0.102. The molecular formula is C23H26N6O2. The number of aromatic amines is 1. The van der Waals surface area contributed by atoms with E-state index in [1.807, 2.05) is 42.5 Å². The summed E-state index contributed by atoms with van der Waals surface area (Å²) in [7, 11) is 2.13. The van der Waals surface area contributed by atoms with Crippen LogP contribution in [0.2, 0.25) is 0 Å². The molecule has 0 saturated carbocycles. The van der Waals surface area contributed by atoms with Crippen LogP contribution in [0.5, 0.6) is 0 Å². The SMILES string of the molecule is CN1CCN(c2ccc(NC(=O)c3c(NCc4ccccn4)cc[nH]c3=O)cc2)CC1. The molecule has 2 aromatic heterocycles. The van der Waals surface area contributed by atoms with Gasteiger partial charge >= 0.3 is 0 Å². The van der Waals surface area contributed by atoms with Crippen LogP contribution in [0.3, 0.4) is 0 Å². The standard InChI is InChI=1S/C23H26N6O2/c1-28-12-14-29(15-13-28)19-7-5-17(6-8-19)27-23(31)21-20(9-11-25-22(21)30)26-16-18-4-2-3-10-24-18/h2-11H,12-16H2,1H3,(H,27,31)(H2,25,26,30). The summed E-state index contributed by atoms with van der Waals surface area (Å²) in [6, 6.07) is 15.0. The fraction of sp³-hybridized carbons (Fsp3) is 0.261. The second kappa shape index (κ2) is 9.44. The molecule has 0 atom stereocenters. The molecule has 3 N–H and O–H groups in total. The Kier molecular flexibility index (Phi) is 6.28. The van der Waals surface area contributed by atoms with Crippen molar-refractivity contribution in [2.75, 3.05) is 48.8 Å². The Morgan fingerprint density at radius 3 is 2.55 bits per heavy atom. The highest BCUT2D eigenvalue weighted by atomic mass is 16.2. The Morgan fingerprint density at radius 2 is 1.84 bits per heavy atom. The molecule has 1 aliphatic rings. The summed E-state index contributed by atoms with van der Waals surface area (Å²) in [4.78, 5) is 36.7. The molecule has 1 aromatic carbocycles. The number of benzene rings is 1. The van der Waals surface area contributed by atoms with Crippen LogP contribution in [0.1, 0.15) is 16.1 Å². The zero-order chi connectivity index (χ0) is 21.6. The van der Waals surface area contributed by atoms with Crippen molar-refractivity contribution in [3.63, 3.8) is 0 Å². The lowest BCUT2D eigenvalue weighted by atomic mass is 10.2. The molecule has 0 bridgehead atoms. The normalized spacial score (nSPS) is 14.3. The van der Waals surface area contributed by atoms with Crippen molar-refractivity contribution in [3.05, 3.63) is 82.5 Å². The summed E-state index contributed by atoms with van der Waals surface area (Å²) in [5.41, 5.74) is 2.64. The van der Waals surface area contributed by atoms with Crippen LogP contribution in [0, 0.1) is 0 Å². The predicted molar refractivity (Wildman–Crippen MR) is 123 cm³/mol. The van der Waals surface area contributed by atoms with Crippen molar-refractivity contribution in [2.45, 2.75) is 6.54 Å². The summed E-state index contributed by atoms with van der Waals surface area (Å²) >= 11 is 0. The average Bonchev–Trinajstić information content (AvgIpc) is 2.79. The number of rotatable bonds is 6. The van der Waals surface area contributed by atoms with Gasteiger partial charge in [-0.15, -0.1) is 0 Å². The number of amides is 1. The minimum atomic E-state index is -0.460. The Hall–Kier alpha value is -3.65. The van der Waals surface area contributed by atoms with Gasteiger partial charge in [0.25, 0.3) is 11.5 Å². The van der Waals surface area contributed by atoms with E-state index >= 15 is 0 Å². The average molecular weight is 419 g/mol. The molecule has 0 aliphatic carbocycles. The van der Waals surface area contributed by atoms with Gasteiger partial charge in [0.15, 0.2) is 0 Å². The van der Waals surface area contributed by atoms with Crippen molar-refractivity contribution in [3.8, 4) is 0 Å². The van der Waals surface area contributed by atoms with E-state index in [2.05, 4.69) is 37.4 Å². The van der Waals surface area contributed by atoms with E-state index in [9.17, 15) is 9.59 Å². The highest BCUT2D eigenvalue weighted by Crippen LogP contribution is 2.20. The second-order valence-corrected chi connectivity index (χ2v) is 7.56. The molecule has 3 heterocycles. The van der Waals surface area contributed by atoms with E-state index in [1.54, 1.807) is 12.3 Å². The first-order valence-corrected chi connectivity index (χ1v) is 10.3. The van der Waals surface area contributed by atoms with Crippen LogP contribution in [0.15, 0.2) is 65.7 Å². The van der Waals surface area contributed by atoms with Gasteiger partial charge < -0.3 is 25.4 Å². The number of hydrogen-bond donors (Lipinski definition) is 3. The van der Waals surface area contributed by atoms with E-state index in [-0.39, 0.29) is 5.56 Å². The number of carbonyl (C=O) groups excluding carboxylic acids is 1. The van der Waals surface area contributed by atoms with Gasteiger partial charge in [-0.3, -0.25) is 14.6 Å². The molecule has 1 fully saturated rings. The lowest BCUT2D eigenvalue weighted by Gasteiger charge is -2.34. The highest BCUT2D eigenvalue weighted by molar-refractivity contribution is 6.07. The number of hydrogen-bond acceptors (Lipinski definition) is 6. The maximum atomic E-state index is 12.9. The van der Waals surface area contributed by atoms with Gasteiger partial charge in [-0.05, 0) is 49.5 Å². The van der Waals surface area contributed by atoms with E-state index in [0.29, 0.717) is 17.9 Å². The number of anilines is 3. The number of nitrogens with one attached hydrogen (secondary N) is 3. The molecule has 31 heavy (non-hydrogen) atoms. The molecule has 160 valence electrons. The Labute approximate surface area is 180 Å². The number of H-pyrrole nitrogens is 1. The predicted octanol–water partition coefficient (Wildman–Crippen LogP) is 2.39. The molecule has 1 amide bonds. The maximum absolute atomic E-state index is 12.9. The fourth-order valence-corrected chi connectivity index (χ4v) is 3.55. The third-order valence-corrected chi connectivity index (χ3v) is 5.37. The van der Waals surface area contributed by atoms with Gasteiger partial charge in [0, 0.05) is 49.9 Å². The van der Waals surface area contributed by atoms with Gasteiger partial charge in [0.05, 0.1) is 17.9 Å². The van der Waals surface area contributed by atoms with Crippen LogP contribution in [0.25, 0.3) is 0 Å². The van der Waals surface area contributed by atoms with E-state index in [4.69, 9.17) is 0 Å². The Bertz CT molecular complexity index is 1070. The maximum Gasteiger partial charge on any atom is 0.263 e. The van der Waals surface area contributed by atoms with Gasteiger partial charge in [-0.25, -0.2) is 0 Å². The van der Waals surface area contributed by atoms with Crippen LogP contribution in [0.4, 0.5) is 17.1 Å². The first kappa shape index (κ1) is 20.6. The fourth-order valence-electron chi connectivity index (χ4n) is 3.55. The zero-order valence-electron chi connectivity index (χ0n) is 17.5. The Balaban J connectivity index is 1.45. The van der Waals surface area contributed by atoms with Gasteiger partial charge in [-0.1, -0.05) is 6.07 Å². The molecule has 8 heteroatoms. The summed E-state index contributed by atoms with van der Waals surface area (Å²) in [6.45, 7) is 4.43. The highest BCUT2D eigenvalue weighted by Gasteiger charge is 2.17. The van der Waals surface area contributed by atoms with E-state index < -0.39 is 11.5 Å². The van der Waals surface area contributed by atoms with Gasteiger partial charge in [-0.2, -0.15) is 0 Å². The summed E-state index contributed by atoms with van der Waals surface area (Å²) in [5, 5.41) is 5.97. The van der Waals surface area contributed by atoms with Crippen LogP contribution in [-0.4, -0.2) is 54.0 Å². The third-order valence-electron chi connectivity index (χ3n) is 5.37. The van der Waals surface area contributed by atoms with Crippen molar-refractivity contribution in [1.29, 1.82) is 0 Å². The molecule has 3 aromatic rings. The summed E-state index contributed by atoms with van der Waals surface area (Å²) in [6.07, 6.45) is 3.22. The first-order valence-electron chi connectivity index (χ1n) is 10.3. The second-order valence-electron chi connectivity index (χ2n) is 7.56. The molecule has 1 aliphatic heterocycles. The number of pyridine rings is 2. The zero-order valence-corrected chi connectivity index (χ0v) is 17.5. The van der Waals surface area contributed by atoms with Gasteiger partial charge in [0.2, 0.25) is 0 Å². The van der Waals surface area contributed by atoms with Crippen molar-refractivity contribution >= 4 is 23.0 Å². The summed E-state index contributed by atoms with van der Waals surface area (Å²) in [5.74, 6) is -0.460. The number of nitrogens with zero attached hydrogens (tertiary/aromatic N) is 3. The van der Waals surface area contributed by atoms with Crippen molar-refractivity contribution < 1.29 is 4.79 Å². The number of carbonyl (C=O) groups is 1. The molecule has 0 unspecified atom stereocenters. The largest absolute Gasteiger partial charge is 0.379 e. The smallest absolute Gasteiger partial charge is 0.263 e. The molecule has 0 radical (unpaired) electrons. The summed E-state index contributed by atoms with van der Waals surface area (Å²) < 4.78 is 0. The number of likely N-dealkylation sites (N-methyl/N-ethyl adjacent to an activating group) is 1. The minimum Gasteiger partial charge on any atom is -0.379 e. The van der Waals surface area contributed by atoms with E-state index in [0.717, 1.165) is 37.6 Å². The first-order chi connectivity index (χ1) is 15.1. The molecule has 8 nitrogen and oxygen atoms in total. The lowest BCUT2D eigenvalue weighted by Crippen LogP contribution is -2.44. The molecule has 4 rings (SSSR count). The van der Waals surface area contributed by atoms with Crippen molar-refractivity contribution in [2.24, 2.45) is 0 Å². The number of piperazine rings is 1. The molecule has 0 spiro atoms. The van der Waals surface area contributed by atoms with Crippen LogP contribution in [-0.2, 0) is 6.54 Å². The Morgan fingerprint density at radius 1 is 1.06 bits per heavy atom. The van der Waals surface area contributed by atoms with Crippen molar-refractivity contribution in [1.82, 2.24) is 14.9 Å². The monoisotopic (exact) mass is 418 g/mol.